The first-order valence-electron chi connectivity index (χ1n) is 9.06. The SMILES string of the molecule is COc1ccc(Br)c(CNCCCn2ccnc2)c1OCc1ccc(F)cc1. The van der Waals surface area contributed by atoms with Crippen molar-refractivity contribution in [3.8, 4) is 11.5 Å². The lowest BCUT2D eigenvalue weighted by Gasteiger charge is -2.17. The molecule has 1 heterocycles. The molecule has 148 valence electrons. The largest absolute Gasteiger partial charge is 0.493 e. The number of methoxy groups -OCH3 is 1. The van der Waals surface area contributed by atoms with Gasteiger partial charge in [-0.3, -0.25) is 0 Å². The maximum absolute atomic E-state index is 13.1. The highest BCUT2D eigenvalue weighted by atomic mass is 79.9. The Morgan fingerprint density at radius 2 is 2.00 bits per heavy atom. The molecule has 1 N–H and O–H groups in total. The summed E-state index contributed by atoms with van der Waals surface area (Å²) in [6.07, 6.45) is 6.55. The van der Waals surface area contributed by atoms with Gasteiger partial charge in [-0.25, -0.2) is 9.37 Å². The van der Waals surface area contributed by atoms with Gasteiger partial charge in [-0.2, -0.15) is 0 Å². The molecule has 0 bridgehead atoms. The molecule has 2 aromatic carbocycles. The lowest BCUT2D eigenvalue weighted by atomic mass is 10.1. The molecule has 1 aromatic heterocycles. The first-order chi connectivity index (χ1) is 13.7. The summed E-state index contributed by atoms with van der Waals surface area (Å²) in [6.45, 7) is 2.75. The lowest BCUT2D eigenvalue weighted by Crippen LogP contribution is -2.17. The number of imidazole rings is 1. The second-order valence-electron chi connectivity index (χ2n) is 6.30. The molecule has 0 aliphatic carbocycles. The molecule has 0 saturated heterocycles. The van der Waals surface area contributed by atoms with Crippen LogP contribution >= 0.6 is 15.9 Å². The normalized spacial score (nSPS) is 10.8. The highest BCUT2D eigenvalue weighted by Gasteiger charge is 2.14. The summed E-state index contributed by atoms with van der Waals surface area (Å²) in [5.74, 6) is 1.09. The molecule has 0 aliphatic heterocycles. The van der Waals surface area contributed by atoms with Gasteiger partial charge in [0.25, 0.3) is 0 Å². The quantitative estimate of drug-likeness (QED) is 0.463. The zero-order valence-electron chi connectivity index (χ0n) is 15.7. The van der Waals surface area contributed by atoms with Crippen molar-refractivity contribution in [2.75, 3.05) is 13.7 Å². The van der Waals surface area contributed by atoms with Gasteiger partial charge < -0.3 is 19.4 Å². The van der Waals surface area contributed by atoms with Crippen LogP contribution in [0, 0.1) is 5.82 Å². The zero-order valence-corrected chi connectivity index (χ0v) is 17.3. The Labute approximate surface area is 172 Å². The van der Waals surface area contributed by atoms with Gasteiger partial charge in [-0.05, 0) is 42.8 Å². The minimum absolute atomic E-state index is 0.260. The van der Waals surface area contributed by atoms with Crippen LogP contribution in [0.2, 0.25) is 0 Å². The Hall–Kier alpha value is -2.38. The maximum atomic E-state index is 13.1. The summed E-state index contributed by atoms with van der Waals surface area (Å²) < 4.78 is 27.6. The summed E-state index contributed by atoms with van der Waals surface area (Å²) in [5, 5.41) is 3.45. The van der Waals surface area contributed by atoms with Gasteiger partial charge in [-0.15, -0.1) is 0 Å². The molecule has 5 nitrogen and oxygen atoms in total. The molecule has 3 rings (SSSR count). The number of ether oxygens (including phenoxy) is 2. The molecule has 0 spiro atoms. The summed E-state index contributed by atoms with van der Waals surface area (Å²) in [7, 11) is 1.62. The Morgan fingerprint density at radius 1 is 1.18 bits per heavy atom. The fourth-order valence-corrected chi connectivity index (χ4v) is 3.27. The molecule has 0 aliphatic rings. The van der Waals surface area contributed by atoms with Crippen molar-refractivity contribution >= 4 is 15.9 Å². The number of hydrogen-bond acceptors (Lipinski definition) is 4. The summed E-state index contributed by atoms with van der Waals surface area (Å²) in [5.41, 5.74) is 1.88. The Morgan fingerprint density at radius 3 is 2.71 bits per heavy atom. The predicted molar refractivity (Wildman–Crippen MR) is 110 cm³/mol. The van der Waals surface area contributed by atoms with Crippen LogP contribution in [0.15, 0.2) is 59.6 Å². The molecule has 7 heteroatoms. The van der Waals surface area contributed by atoms with Crippen molar-refractivity contribution in [1.29, 1.82) is 0 Å². The van der Waals surface area contributed by atoms with Crippen LogP contribution in [0.3, 0.4) is 0 Å². The highest BCUT2D eigenvalue weighted by Crippen LogP contribution is 2.36. The maximum Gasteiger partial charge on any atom is 0.167 e. The van der Waals surface area contributed by atoms with Crippen LogP contribution < -0.4 is 14.8 Å². The molecule has 3 aromatic rings. The number of aromatic nitrogens is 2. The first kappa shape index (κ1) is 20.4. The average Bonchev–Trinajstić information content (AvgIpc) is 3.22. The van der Waals surface area contributed by atoms with Gasteiger partial charge in [0.05, 0.1) is 13.4 Å². The third-order valence-corrected chi connectivity index (χ3v) is 5.06. The van der Waals surface area contributed by atoms with Crippen molar-refractivity contribution in [3.63, 3.8) is 0 Å². The van der Waals surface area contributed by atoms with Crippen LogP contribution in [-0.2, 0) is 19.7 Å². The fraction of sp³-hybridized carbons (Fsp3) is 0.286. The average molecular weight is 448 g/mol. The van der Waals surface area contributed by atoms with E-state index in [4.69, 9.17) is 9.47 Å². The summed E-state index contributed by atoms with van der Waals surface area (Å²) in [6, 6.07) is 10.1. The van der Waals surface area contributed by atoms with E-state index in [1.165, 1.54) is 12.1 Å². The van der Waals surface area contributed by atoms with Crippen LogP contribution in [-0.4, -0.2) is 23.2 Å². The molecule has 28 heavy (non-hydrogen) atoms. The van der Waals surface area contributed by atoms with Gasteiger partial charge >= 0.3 is 0 Å². The van der Waals surface area contributed by atoms with Crippen molar-refractivity contribution in [2.45, 2.75) is 26.1 Å². The third kappa shape index (κ3) is 5.56. The minimum Gasteiger partial charge on any atom is -0.493 e. The molecular weight excluding hydrogens is 425 g/mol. The Balaban J connectivity index is 1.62. The number of halogens is 2. The monoisotopic (exact) mass is 447 g/mol. The van der Waals surface area contributed by atoms with Crippen molar-refractivity contribution in [1.82, 2.24) is 14.9 Å². The van der Waals surface area contributed by atoms with E-state index < -0.39 is 0 Å². The van der Waals surface area contributed by atoms with E-state index in [-0.39, 0.29) is 5.82 Å². The van der Waals surface area contributed by atoms with Crippen LogP contribution in [0.1, 0.15) is 17.5 Å². The number of benzene rings is 2. The van der Waals surface area contributed by atoms with E-state index in [0.717, 1.165) is 35.1 Å². The van der Waals surface area contributed by atoms with E-state index in [9.17, 15) is 4.39 Å². The standard InChI is InChI=1S/C21H23BrFN3O2/c1-27-20-8-7-19(22)18(13-24-9-2-11-26-12-10-25-15-26)21(20)28-14-16-3-5-17(23)6-4-16/h3-8,10,12,15,24H,2,9,11,13-14H2,1H3. The summed E-state index contributed by atoms with van der Waals surface area (Å²) >= 11 is 3.61. The van der Waals surface area contributed by atoms with Gasteiger partial charge in [0.2, 0.25) is 0 Å². The van der Waals surface area contributed by atoms with Crippen LogP contribution in [0.5, 0.6) is 11.5 Å². The Kier molecular flexibility index (Phi) is 7.45. The molecule has 0 saturated carbocycles. The Bertz CT molecular complexity index is 870. The van der Waals surface area contributed by atoms with E-state index in [0.29, 0.717) is 24.7 Å². The fourth-order valence-electron chi connectivity index (χ4n) is 2.82. The number of nitrogens with zero attached hydrogens (tertiary/aromatic N) is 2. The number of rotatable bonds is 10. The van der Waals surface area contributed by atoms with Crippen LogP contribution in [0.25, 0.3) is 0 Å². The van der Waals surface area contributed by atoms with Crippen molar-refractivity contribution in [2.24, 2.45) is 0 Å². The van der Waals surface area contributed by atoms with Gasteiger partial charge in [0.15, 0.2) is 11.5 Å². The first-order valence-corrected chi connectivity index (χ1v) is 9.85. The van der Waals surface area contributed by atoms with Crippen LogP contribution in [0.4, 0.5) is 4.39 Å². The molecular formula is C21H23BrFN3O2. The van der Waals surface area contributed by atoms with E-state index in [1.807, 2.05) is 24.7 Å². The van der Waals surface area contributed by atoms with E-state index in [1.54, 1.807) is 25.4 Å². The van der Waals surface area contributed by atoms with Gasteiger partial charge in [-0.1, -0.05) is 28.1 Å². The van der Waals surface area contributed by atoms with Gasteiger partial charge in [0, 0.05) is 35.5 Å². The molecule has 0 atom stereocenters. The summed E-state index contributed by atoms with van der Waals surface area (Å²) in [4.78, 5) is 4.05. The smallest absolute Gasteiger partial charge is 0.167 e. The third-order valence-electron chi connectivity index (χ3n) is 4.31. The zero-order chi connectivity index (χ0) is 19.8. The predicted octanol–water partition coefficient (Wildman–Crippen LogP) is 4.55. The van der Waals surface area contributed by atoms with Crippen molar-refractivity contribution in [3.05, 3.63) is 76.5 Å². The topological polar surface area (TPSA) is 48.3 Å². The minimum atomic E-state index is -0.260. The van der Waals surface area contributed by atoms with E-state index in [2.05, 4.69) is 30.8 Å². The van der Waals surface area contributed by atoms with Crippen molar-refractivity contribution < 1.29 is 13.9 Å². The lowest BCUT2D eigenvalue weighted by molar-refractivity contribution is 0.280. The number of hydrogen-bond donors (Lipinski definition) is 1. The molecule has 0 radical (unpaired) electrons. The second-order valence-corrected chi connectivity index (χ2v) is 7.16. The van der Waals surface area contributed by atoms with Gasteiger partial charge in [0.1, 0.15) is 12.4 Å². The molecule has 0 amide bonds. The number of aryl methyl sites for hydroxylation is 1. The second kappa shape index (κ2) is 10.2. The number of nitrogens with one attached hydrogen (secondary N) is 1. The highest BCUT2D eigenvalue weighted by molar-refractivity contribution is 9.10. The molecule has 0 unspecified atom stereocenters. The van der Waals surface area contributed by atoms with E-state index >= 15 is 0 Å². The molecule has 0 fully saturated rings.